The molecule has 1 atom stereocenters. The summed E-state index contributed by atoms with van der Waals surface area (Å²) in [5, 5.41) is 4.68. The number of piperazine rings is 1. The molecule has 1 unspecified atom stereocenters. The van der Waals surface area contributed by atoms with Gasteiger partial charge < -0.3 is 10.1 Å². The Morgan fingerprint density at radius 1 is 1.15 bits per heavy atom. The van der Waals surface area contributed by atoms with E-state index in [0.717, 1.165) is 36.9 Å². The fraction of sp³-hybridized carbons (Fsp3) is 0.286. The summed E-state index contributed by atoms with van der Waals surface area (Å²) in [5.41, 5.74) is 2.47. The van der Waals surface area contributed by atoms with E-state index >= 15 is 0 Å². The molecule has 0 bridgehead atoms. The summed E-state index contributed by atoms with van der Waals surface area (Å²) in [5.74, 6) is 0.954. The molecule has 1 aliphatic heterocycles. The molecule has 0 saturated carbocycles. The highest BCUT2D eigenvalue weighted by Gasteiger charge is 2.26. The van der Waals surface area contributed by atoms with E-state index in [2.05, 4.69) is 51.6 Å². The molecular weight excluding hydrogens is 342 g/mol. The Morgan fingerprint density at radius 3 is 2.81 bits per heavy atom. The van der Waals surface area contributed by atoms with Gasteiger partial charge in [0.05, 0.1) is 24.6 Å². The third-order valence-corrected chi connectivity index (χ3v) is 5.83. The van der Waals surface area contributed by atoms with Crippen molar-refractivity contribution in [2.75, 3.05) is 26.7 Å². The number of hydrogen-bond acceptors (Lipinski definition) is 5. The van der Waals surface area contributed by atoms with Crippen molar-refractivity contribution in [2.24, 2.45) is 0 Å². The van der Waals surface area contributed by atoms with Crippen LogP contribution in [0, 0.1) is 0 Å². The van der Waals surface area contributed by atoms with Gasteiger partial charge in [-0.3, -0.25) is 4.90 Å². The van der Waals surface area contributed by atoms with Crippen molar-refractivity contribution in [2.45, 2.75) is 12.6 Å². The predicted molar refractivity (Wildman–Crippen MR) is 107 cm³/mol. The lowest BCUT2D eigenvalue weighted by Crippen LogP contribution is -2.45. The molecule has 1 N–H and O–H groups in total. The molecule has 1 saturated heterocycles. The lowest BCUT2D eigenvalue weighted by atomic mass is 10.0. The fourth-order valence-electron chi connectivity index (χ4n) is 3.48. The normalized spacial score (nSPS) is 18.0. The number of nitrogens with zero attached hydrogens (tertiary/aromatic N) is 2. The van der Waals surface area contributed by atoms with E-state index in [4.69, 9.17) is 4.74 Å². The SMILES string of the molecule is COc1ccccc1C1CNCCN1Cc1ncc(-c2ccccc2)s1. The van der Waals surface area contributed by atoms with Crippen molar-refractivity contribution in [1.29, 1.82) is 0 Å². The van der Waals surface area contributed by atoms with E-state index in [-0.39, 0.29) is 0 Å². The maximum atomic E-state index is 5.59. The molecule has 4 nitrogen and oxygen atoms in total. The van der Waals surface area contributed by atoms with E-state index < -0.39 is 0 Å². The molecule has 0 radical (unpaired) electrons. The lowest BCUT2D eigenvalue weighted by Gasteiger charge is -2.36. The van der Waals surface area contributed by atoms with Crippen LogP contribution >= 0.6 is 11.3 Å². The Hall–Kier alpha value is -2.21. The molecule has 1 aromatic heterocycles. The van der Waals surface area contributed by atoms with E-state index in [1.165, 1.54) is 16.0 Å². The average molecular weight is 366 g/mol. The summed E-state index contributed by atoms with van der Waals surface area (Å²) in [6.07, 6.45) is 2.00. The molecule has 0 aliphatic carbocycles. The highest BCUT2D eigenvalue weighted by atomic mass is 32.1. The molecule has 134 valence electrons. The topological polar surface area (TPSA) is 37.4 Å². The standard InChI is InChI=1S/C21H23N3OS/c1-25-19-10-6-5-9-17(19)18-13-22-11-12-24(18)15-21-23-14-20(26-21)16-7-3-2-4-8-16/h2-10,14,18,22H,11-13,15H2,1H3. The van der Waals surface area contributed by atoms with E-state index in [9.17, 15) is 0 Å². The van der Waals surface area contributed by atoms with Gasteiger partial charge in [-0.15, -0.1) is 11.3 Å². The summed E-state index contributed by atoms with van der Waals surface area (Å²) in [6, 6.07) is 19.1. The summed E-state index contributed by atoms with van der Waals surface area (Å²) in [4.78, 5) is 8.41. The quantitative estimate of drug-likeness (QED) is 0.742. The van der Waals surface area contributed by atoms with Crippen LogP contribution < -0.4 is 10.1 Å². The van der Waals surface area contributed by atoms with Crippen LogP contribution in [0.25, 0.3) is 10.4 Å². The Labute approximate surface area is 158 Å². The first kappa shape index (κ1) is 17.2. The van der Waals surface area contributed by atoms with Gasteiger partial charge in [0.25, 0.3) is 0 Å². The summed E-state index contributed by atoms with van der Waals surface area (Å²) in [6.45, 7) is 3.80. The van der Waals surface area contributed by atoms with Gasteiger partial charge in [-0.1, -0.05) is 48.5 Å². The molecule has 5 heteroatoms. The van der Waals surface area contributed by atoms with Crippen molar-refractivity contribution >= 4 is 11.3 Å². The molecule has 3 aromatic rings. The minimum absolute atomic E-state index is 0.295. The summed E-state index contributed by atoms with van der Waals surface area (Å²) < 4.78 is 5.59. The Balaban J connectivity index is 1.55. The second-order valence-electron chi connectivity index (χ2n) is 6.42. The van der Waals surface area contributed by atoms with Gasteiger partial charge in [0.2, 0.25) is 0 Å². The van der Waals surface area contributed by atoms with Crippen LogP contribution in [0.5, 0.6) is 5.75 Å². The average Bonchev–Trinajstić information content (AvgIpc) is 3.18. The molecule has 26 heavy (non-hydrogen) atoms. The molecule has 4 rings (SSSR count). The molecule has 2 aromatic carbocycles. The van der Waals surface area contributed by atoms with Gasteiger partial charge >= 0.3 is 0 Å². The molecular formula is C21H23N3OS. The van der Waals surface area contributed by atoms with E-state index in [0.29, 0.717) is 6.04 Å². The number of ether oxygens (including phenoxy) is 1. The molecule has 2 heterocycles. The zero-order valence-electron chi connectivity index (χ0n) is 14.9. The number of thiazole rings is 1. The number of aromatic nitrogens is 1. The maximum absolute atomic E-state index is 5.59. The smallest absolute Gasteiger partial charge is 0.123 e. The largest absolute Gasteiger partial charge is 0.496 e. The van der Waals surface area contributed by atoms with Crippen LogP contribution in [0.4, 0.5) is 0 Å². The van der Waals surface area contributed by atoms with Gasteiger partial charge in [0.1, 0.15) is 10.8 Å². The Kier molecular flexibility index (Phi) is 5.29. The van der Waals surface area contributed by atoms with Crippen LogP contribution in [0.3, 0.4) is 0 Å². The number of benzene rings is 2. The van der Waals surface area contributed by atoms with Gasteiger partial charge in [0.15, 0.2) is 0 Å². The van der Waals surface area contributed by atoms with Crippen LogP contribution in [-0.2, 0) is 6.54 Å². The predicted octanol–water partition coefficient (Wildman–Crippen LogP) is 3.97. The zero-order valence-corrected chi connectivity index (χ0v) is 15.7. The van der Waals surface area contributed by atoms with Gasteiger partial charge in [-0.2, -0.15) is 0 Å². The number of rotatable bonds is 5. The third-order valence-electron chi connectivity index (χ3n) is 4.80. The first-order valence-corrected chi connectivity index (χ1v) is 9.74. The Morgan fingerprint density at radius 2 is 1.96 bits per heavy atom. The number of para-hydroxylation sites is 1. The van der Waals surface area contributed by atoms with Gasteiger partial charge in [0, 0.05) is 31.4 Å². The number of hydrogen-bond donors (Lipinski definition) is 1. The van der Waals surface area contributed by atoms with Gasteiger partial charge in [-0.25, -0.2) is 4.98 Å². The zero-order chi connectivity index (χ0) is 17.8. The monoisotopic (exact) mass is 365 g/mol. The van der Waals surface area contributed by atoms with Crippen molar-refractivity contribution < 1.29 is 4.74 Å². The highest BCUT2D eigenvalue weighted by molar-refractivity contribution is 7.15. The van der Waals surface area contributed by atoms with Crippen molar-refractivity contribution in [3.05, 3.63) is 71.4 Å². The van der Waals surface area contributed by atoms with Gasteiger partial charge in [-0.05, 0) is 11.6 Å². The van der Waals surface area contributed by atoms with Crippen LogP contribution in [0.15, 0.2) is 60.8 Å². The van der Waals surface area contributed by atoms with E-state index in [1.807, 2.05) is 24.4 Å². The van der Waals surface area contributed by atoms with Crippen LogP contribution in [0.2, 0.25) is 0 Å². The van der Waals surface area contributed by atoms with Crippen molar-refractivity contribution in [3.8, 4) is 16.2 Å². The minimum atomic E-state index is 0.295. The number of nitrogens with one attached hydrogen (secondary N) is 1. The van der Waals surface area contributed by atoms with Crippen molar-refractivity contribution in [1.82, 2.24) is 15.2 Å². The molecule has 0 spiro atoms. The molecule has 1 aliphatic rings. The maximum Gasteiger partial charge on any atom is 0.123 e. The highest BCUT2D eigenvalue weighted by Crippen LogP contribution is 2.33. The number of methoxy groups -OCH3 is 1. The molecule has 0 amide bonds. The minimum Gasteiger partial charge on any atom is -0.496 e. The molecule has 1 fully saturated rings. The second-order valence-corrected chi connectivity index (χ2v) is 7.53. The first-order valence-electron chi connectivity index (χ1n) is 8.93. The van der Waals surface area contributed by atoms with Crippen LogP contribution in [0.1, 0.15) is 16.6 Å². The summed E-state index contributed by atoms with van der Waals surface area (Å²) in [7, 11) is 1.74. The van der Waals surface area contributed by atoms with Crippen LogP contribution in [-0.4, -0.2) is 36.6 Å². The van der Waals surface area contributed by atoms with Crippen molar-refractivity contribution in [3.63, 3.8) is 0 Å². The Bertz CT molecular complexity index is 849. The summed E-state index contributed by atoms with van der Waals surface area (Å²) >= 11 is 1.78. The second kappa shape index (κ2) is 7.99. The van der Waals surface area contributed by atoms with E-state index in [1.54, 1.807) is 18.4 Å². The first-order chi connectivity index (χ1) is 12.8. The third kappa shape index (κ3) is 3.65. The fourth-order valence-corrected chi connectivity index (χ4v) is 4.43. The lowest BCUT2D eigenvalue weighted by molar-refractivity contribution is 0.151.